The van der Waals surface area contributed by atoms with E-state index in [0.29, 0.717) is 11.3 Å². The topological polar surface area (TPSA) is 49.6 Å². The van der Waals surface area contributed by atoms with Crippen LogP contribution in [0.4, 0.5) is 5.69 Å². The SMILES string of the molecule is CCCCCN1CCCN(C(=O)c2cc(N)ccc2Br)CC1. The normalized spacial score (nSPS) is 16.5. The van der Waals surface area contributed by atoms with Crippen LogP contribution < -0.4 is 5.73 Å². The van der Waals surface area contributed by atoms with Crippen LogP contribution >= 0.6 is 15.9 Å². The van der Waals surface area contributed by atoms with Gasteiger partial charge in [-0.25, -0.2) is 0 Å². The smallest absolute Gasteiger partial charge is 0.255 e. The quantitative estimate of drug-likeness (QED) is 0.640. The van der Waals surface area contributed by atoms with E-state index in [1.165, 1.54) is 19.3 Å². The molecule has 1 saturated heterocycles. The van der Waals surface area contributed by atoms with Crippen molar-refractivity contribution in [2.45, 2.75) is 32.6 Å². The zero-order valence-corrected chi connectivity index (χ0v) is 14.9. The Labute approximate surface area is 141 Å². The zero-order chi connectivity index (χ0) is 15.9. The number of halogens is 1. The number of hydrogen-bond acceptors (Lipinski definition) is 3. The molecule has 1 amide bonds. The number of amides is 1. The Morgan fingerprint density at radius 1 is 1.23 bits per heavy atom. The molecule has 5 heteroatoms. The van der Waals surface area contributed by atoms with Gasteiger partial charge < -0.3 is 15.5 Å². The van der Waals surface area contributed by atoms with E-state index in [2.05, 4.69) is 27.8 Å². The van der Waals surface area contributed by atoms with Crippen molar-refractivity contribution in [2.75, 3.05) is 38.5 Å². The first-order chi connectivity index (χ1) is 10.6. The number of hydrogen-bond donors (Lipinski definition) is 1. The molecule has 1 aromatic carbocycles. The first-order valence-electron chi connectivity index (χ1n) is 8.18. The summed E-state index contributed by atoms with van der Waals surface area (Å²) in [5.41, 5.74) is 7.11. The summed E-state index contributed by atoms with van der Waals surface area (Å²) in [6.07, 6.45) is 4.83. The molecule has 0 aromatic heterocycles. The van der Waals surface area contributed by atoms with Gasteiger partial charge in [-0.1, -0.05) is 19.8 Å². The molecule has 1 fully saturated rings. The predicted octanol–water partition coefficient (Wildman–Crippen LogP) is 3.37. The average Bonchev–Trinajstić information content (AvgIpc) is 2.75. The molecule has 0 saturated carbocycles. The third-order valence-corrected chi connectivity index (χ3v) is 4.87. The molecule has 0 unspecified atom stereocenters. The monoisotopic (exact) mass is 367 g/mol. The number of nitrogens with two attached hydrogens (primary N) is 1. The summed E-state index contributed by atoms with van der Waals surface area (Å²) in [4.78, 5) is 17.2. The van der Waals surface area contributed by atoms with Crippen LogP contribution in [0.3, 0.4) is 0 Å². The summed E-state index contributed by atoms with van der Waals surface area (Å²) in [7, 11) is 0. The molecule has 0 radical (unpaired) electrons. The molecule has 2 N–H and O–H groups in total. The Hall–Kier alpha value is -1.07. The van der Waals surface area contributed by atoms with E-state index in [-0.39, 0.29) is 5.91 Å². The lowest BCUT2D eigenvalue weighted by molar-refractivity contribution is 0.0760. The van der Waals surface area contributed by atoms with Crippen LogP contribution in [0.15, 0.2) is 22.7 Å². The second-order valence-electron chi connectivity index (χ2n) is 5.93. The highest BCUT2D eigenvalue weighted by Gasteiger charge is 2.21. The van der Waals surface area contributed by atoms with E-state index in [0.717, 1.165) is 43.6 Å². The zero-order valence-electron chi connectivity index (χ0n) is 13.4. The number of unbranched alkanes of at least 4 members (excludes halogenated alkanes) is 2. The predicted molar refractivity (Wildman–Crippen MR) is 95.0 cm³/mol. The van der Waals surface area contributed by atoms with Gasteiger partial charge in [0, 0.05) is 29.8 Å². The molecular weight excluding hydrogens is 342 g/mol. The fraction of sp³-hybridized carbons (Fsp3) is 0.588. The standard InChI is InChI=1S/C17H26BrN3O/c1-2-3-4-8-20-9-5-10-21(12-11-20)17(22)15-13-14(19)6-7-16(15)18/h6-7,13H,2-5,8-12,19H2,1H3. The van der Waals surface area contributed by atoms with Crippen molar-refractivity contribution in [3.05, 3.63) is 28.2 Å². The molecule has 1 aliphatic rings. The largest absolute Gasteiger partial charge is 0.399 e. The molecular formula is C17H26BrN3O. The van der Waals surface area contributed by atoms with Crippen molar-refractivity contribution in [1.82, 2.24) is 9.80 Å². The molecule has 1 heterocycles. The highest BCUT2D eigenvalue weighted by Crippen LogP contribution is 2.22. The van der Waals surface area contributed by atoms with Gasteiger partial charge in [-0.05, 0) is 60.1 Å². The number of nitrogens with zero attached hydrogens (tertiary/aromatic N) is 2. The Kier molecular flexibility index (Phi) is 6.70. The fourth-order valence-corrected chi connectivity index (χ4v) is 3.28. The lowest BCUT2D eigenvalue weighted by Crippen LogP contribution is -2.35. The molecule has 122 valence electrons. The third-order valence-electron chi connectivity index (χ3n) is 4.17. The maximum absolute atomic E-state index is 12.7. The van der Waals surface area contributed by atoms with Gasteiger partial charge in [-0.3, -0.25) is 4.79 Å². The second kappa shape index (κ2) is 8.53. The van der Waals surface area contributed by atoms with Gasteiger partial charge in [0.2, 0.25) is 0 Å². The summed E-state index contributed by atoms with van der Waals surface area (Å²) < 4.78 is 0.816. The van der Waals surface area contributed by atoms with Crippen molar-refractivity contribution in [2.24, 2.45) is 0 Å². The van der Waals surface area contributed by atoms with E-state index < -0.39 is 0 Å². The minimum atomic E-state index is 0.0783. The Morgan fingerprint density at radius 3 is 2.82 bits per heavy atom. The van der Waals surface area contributed by atoms with Crippen LogP contribution in [0.25, 0.3) is 0 Å². The average molecular weight is 368 g/mol. The number of carbonyl (C=O) groups is 1. The van der Waals surface area contributed by atoms with Crippen molar-refractivity contribution in [1.29, 1.82) is 0 Å². The minimum absolute atomic E-state index is 0.0783. The van der Waals surface area contributed by atoms with Gasteiger partial charge in [0.15, 0.2) is 0 Å². The number of rotatable bonds is 5. The highest BCUT2D eigenvalue weighted by molar-refractivity contribution is 9.10. The maximum atomic E-state index is 12.7. The number of anilines is 1. The number of benzene rings is 1. The van der Waals surface area contributed by atoms with Crippen LogP contribution in [-0.4, -0.2) is 48.4 Å². The summed E-state index contributed by atoms with van der Waals surface area (Å²) in [5.74, 6) is 0.0783. The summed E-state index contributed by atoms with van der Waals surface area (Å²) in [6.45, 7) is 7.06. The molecule has 4 nitrogen and oxygen atoms in total. The molecule has 1 aromatic rings. The van der Waals surface area contributed by atoms with Crippen molar-refractivity contribution < 1.29 is 4.79 Å². The van der Waals surface area contributed by atoms with E-state index in [4.69, 9.17) is 5.73 Å². The van der Waals surface area contributed by atoms with Gasteiger partial charge >= 0.3 is 0 Å². The van der Waals surface area contributed by atoms with Gasteiger partial charge in [0.25, 0.3) is 5.91 Å². The number of nitrogen functional groups attached to an aromatic ring is 1. The van der Waals surface area contributed by atoms with Crippen LogP contribution in [0, 0.1) is 0 Å². The second-order valence-corrected chi connectivity index (χ2v) is 6.79. The lowest BCUT2D eigenvalue weighted by Gasteiger charge is -2.22. The Balaban J connectivity index is 1.95. The van der Waals surface area contributed by atoms with Gasteiger partial charge in [-0.2, -0.15) is 0 Å². The highest BCUT2D eigenvalue weighted by atomic mass is 79.9. The van der Waals surface area contributed by atoms with E-state index in [1.807, 2.05) is 11.0 Å². The molecule has 0 aliphatic carbocycles. The Morgan fingerprint density at radius 2 is 2.05 bits per heavy atom. The Bertz CT molecular complexity index is 507. The van der Waals surface area contributed by atoms with Gasteiger partial charge in [0.05, 0.1) is 5.56 Å². The summed E-state index contributed by atoms with van der Waals surface area (Å²) in [6, 6.07) is 5.41. The summed E-state index contributed by atoms with van der Waals surface area (Å²) >= 11 is 3.46. The van der Waals surface area contributed by atoms with Gasteiger partial charge in [0.1, 0.15) is 0 Å². The first kappa shape index (κ1) is 17.3. The van der Waals surface area contributed by atoms with Crippen LogP contribution in [0.2, 0.25) is 0 Å². The van der Waals surface area contributed by atoms with E-state index in [9.17, 15) is 4.79 Å². The number of carbonyl (C=O) groups excluding carboxylic acids is 1. The lowest BCUT2D eigenvalue weighted by atomic mass is 10.1. The maximum Gasteiger partial charge on any atom is 0.255 e. The van der Waals surface area contributed by atoms with Crippen molar-refractivity contribution in [3.63, 3.8) is 0 Å². The molecule has 0 atom stereocenters. The van der Waals surface area contributed by atoms with Crippen molar-refractivity contribution >= 4 is 27.5 Å². The third kappa shape index (κ3) is 4.71. The van der Waals surface area contributed by atoms with E-state index in [1.54, 1.807) is 12.1 Å². The first-order valence-corrected chi connectivity index (χ1v) is 8.97. The molecule has 22 heavy (non-hydrogen) atoms. The van der Waals surface area contributed by atoms with E-state index >= 15 is 0 Å². The van der Waals surface area contributed by atoms with Crippen LogP contribution in [0.5, 0.6) is 0 Å². The van der Waals surface area contributed by atoms with Crippen LogP contribution in [-0.2, 0) is 0 Å². The van der Waals surface area contributed by atoms with Crippen molar-refractivity contribution in [3.8, 4) is 0 Å². The molecule has 0 bridgehead atoms. The van der Waals surface area contributed by atoms with Crippen LogP contribution in [0.1, 0.15) is 43.0 Å². The molecule has 0 spiro atoms. The molecule has 2 rings (SSSR count). The minimum Gasteiger partial charge on any atom is -0.399 e. The van der Waals surface area contributed by atoms with Gasteiger partial charge in [-0.15, -0.1) is 0 Å². The molecule has 1 aliphatic heterocycles. The fourth-order valence-electron chi connectivity index (χ4n) is 2.86. The summed E-state index contributed by atoms with van der Waals surface area (Å²) in [5, 5.41) is 0.